The molecule has 4 aromatic rings. The van der Waals surface area contributed by atoms with E-state index in [0.29, 0.717) is 28.4 Å². The fourth-order valence-corrected chi connectivity index (χ4v) is 3.66. The van der Waals surface area contributed by atoms with Gasteiger partial charge < -0.3 is 15.1 Å². The topological polar surface area (TPSA) is 106 Å². The molecule has 156 valence electrons. The number of fused-ring (bicyclic) bond motifs is 1. The first kappa shape index (κ1) is 19.3. The van der Waals surface area contributed by atoms with Crippen LogP contribution in [-0.4, -0.2) is 38.9 Å². The van der Waals surface area contributed by atoms with Gasteiger partial charge in [-0.25, -0.2) is 14.4 Å². The summed E-state index contributed by atoms with van der Waals surface area (Å²) in [6, 6.07) is 4.95. The summed E-state index contributed by atoms with van der Waals surface area (Å²) in [5.41, 5.74) is 2.20. The number of halogens is 1. The lowest BCUT2D eigenvalue weighted by molar-refractivity contribution is 0.102. The van der Waals surface area contributed by atoms with Crippen LogP contribution in [0.4, 0.5) is 10.2 Å². The third-order valence-electron chi connectivity index (χ3n) is 5.29. The van der Waals surface area contributed by atoms with Crippen molar-refractivity contribution in [2.75, 3.05) is 18.4 Å². The molecule has 0 atom stereocenters. The number of oxazole rings is 1. The van der Waals surface area contributed by atoms with E-state index in [-0.39, 0.29) is 11.6 Å². The summed E-state index contributed by atoms with van der Waals surface area (Å²) in [6.07, 6.45) is 9.17. The number of hydrogen-bond donors (Lipinski definition) is 2. The van der Waals surface area contributed by atoms with Crippen LogP contribution < -0.4 is 10.6 Å². The van der Waals surface area contributed by atoms with E-state index >= 15 is 0 Å². The molecule has 1 saturated heterocycles. The molecule has 8 nitrogen and oxygen atoms in total. The molecule has 1 amide bonds. The summed E-state index contributed by atoms with van der Waals surface area (Å²) >= 11 is 0. The van der Waals surface area contributed by atoms with Crippen molar-refractivity contribution >= 4 is 22.6 Å². The van der Waals surface area contributed by atoms with E-state index in [4.69, 9.17) is 4.42 Å². The number of pyridine rings is 3. The number of piperidine rings is 1. The van der Waals surface area contributed by atoms with Crippen LogP contribution in [0.15, 0.2) is 53.7 Å². The van der Waals surface area contributed by atoms with Gasteiger partial charge in [-0.1, -0.05) is 0 Å². The molecule has 0 spiro atoms. The average Bonchev–Trinajstić information content (AvgIpc) is 3.30. The van der Waals surface area contributed by atoms with Crippen molar-refractivity contribution in [2.24, 2.45) is 0 Å². The molecule has 0 aromatic carbocycles. The van der Waals surface area contributed by atoms with Gasteiger partial charge in [-0.2, -0.15) is 0 Å². The minimum absolute atomic E-state index is 0.216. The Kier molecular flexibility index (Phi) is 5.09. The van der Waals surface area contributed by atoms with Crippen molar-refractivity contribution in [3.8, 4) is 11.1 Å². The molecule has 0 unspecified atom stereocenters. The van der Waals surface area contributed by atoms with Crippen LogP contribution in [-0.2, 0) is 0 Å². The third kappa shape index (κ3) is 4.13. The molecule has 5 heterocycles. The predicted octanol–water partition coefficient (Wildman–Crippen LogP) is 3.54. The number of nitrogens with one attached hydrogen (secondary N) is 2. The minimum atomic E-state index is -0.420. The van der Waals surface area contributed by atoms with Crippen molar-refractivity contribution in [1.82, 2.24) is 25.3 Å². The summed E-state index contributed by atoms with van der Waals surface area (Å²) < 4.78 is 19.0. The smallest absolute Gasteiger partial charge is 0.278 e. The largest absolute Gasteiger partial charge is 0.448 e. The van der Waals surface area contributed by atoms with Gasteiger partial charge in [0, 0.05) is 34.8 Å². The Morgan fingerprint density at radius 2 is 1.90 bits per heavy atom. The van der Waals surface area contributed by atoms with Gasteiger partial charge in [0.2, 0.25) is 0 Å². The van der Waals surface area contributed by atoms with Crippen LogP contribution in [0.2, 0.25) is 0 Å². The van der Waals surface area contributed by atoms with E-state index in [1.54, 1.807) is 24.7 Å². The molecule has 9 heteroatoms. The van der Waals surface area contributed by atoms with Gasteiger partial charge in [-0.3, -0.25) is 14.8 Å². The van der Waals surface area contributed by atoms with Crippen molar-refractivity contribution in [1.29, 1.82) is 0 Å². The van der Waals surface area contributed by atoms with E-state index in [0.717, 1.165) is 37.5 Å². The van der Waals surface area contributed by atoms with Gasteiger partial charge in [0.1, 0.15) is 17.9 Å². The molecular formula is C22H19FN6O2. The van der Waals surface area contributed by atoms with E-state index in [1.165, 1.54) is 12.3 Å². The van der Waals surface area contributed by atoms with Gasteiger partial charge in [0.25, 0.3) is 5.91 Å². The van der Waals surface area contributed by atoms with Crippen molar-refractivity contribution < 1.29 is 13.6 Å². The zero-order chi connectivity index (χ0) is 21.2. The Balaban J connectivity index is 1.36. The number of rotatable bonds is 4. The third-order valence-corrected chi connectivity index (χ3v) is 5.29. The van der Waals surface area contributed by atoms with E-state index < -0.39 is 11.7 Å². The highest BCUT2D eigenvalue weighted by Crippen LogP contribution is 2.26. The summed E-state index contributed by atoms with van der Waals surface area (Å²) in [5, 5.41) is 6.80. The fraction of sp³-hybridized carbons (Fsp3) is 0.227. The number of carbonyl (C=O) groups is 1. The second kappa shape index (κ2) is 8.19. The molecule has 5 rings (SSSR count). The van der Waals surface area contributed by atoms with E-state index in [1.807, 2.05) is 6.07 Å². The molecular weight excluding hydrogens is 399 g/mol. The van der Waals surface area contributed by atoms with Crippen LogP contribution >= 0.6 is 0 Å². The molecule has 31 heavy (non-hydrogen) atoms. The highest BCUT2D eigenvalue weighted by atomic mass is 19.1. The summed E-state index contributed by atoms with van der Waals surface area (Å²) in [4.78, 5) is 29.5. The lowest BCUT2D eigenvalue weighted by Gasteiger charge is -2.19. The second-order valence-corrected chi connectivity index (χ2v) is 7.43. The van der Waals surface area contributed by atoms with Gasteiger partial charge in [-0.05, 0) is 44.1 Å². The van der Waals surface area contributed by atoms with Crippen molar-refractivity contribution in [2.45, 2.75) is 18.8 Å². The first-order valence-electron chi connectivity index (χ1n) is 10.00. The normalized spacial score (nSPS) is 14.6. The number of hydrogen-bond acceptors (Lipinski definition) is 7. The molecule has 0 bridgehead atoms. The lowest BCUT2D eigenvalue weighted by atomic mass is 9.98. The van der Waals surface area contributed by atoms with Gasteiger partial charge >= 0.3 is 0 Å². The summed E-state index contributed by atoms with van der Waals surface area (Å²) in [6.45, 7) is 1.83. The van der Waals surface area contributed by atoms with Crippen LogP contribution in [0.5, 0.6) is 0 Å². The summed E-state index contributed by atoms with van der Waals surface area (Å²) in [7, 11) is 0. The molecule has 2 N–H and O–H groups in total. The maximum Gasteiger partial charge on any atom is 0.278 e. The van der Waals surface area contributed by atoms with E-state index in [9.17, 15) is 9.18 Å². The highest BCUT2D eigenvalue weighted by molar-refractivity contribution is 6.02. The number of amides is 1. The Morgan fingerprint density at radius 3 is 2.74 bits per heavy atom. The first-order chi connectivity index (χ1) is 15.2. The van der Waals surface area contributed by atoms with E-state index in [2.05, 4.69) is 30.6 Å². The Labute approximate surface area is 177 Å². The molecule has 0 aliphatic carbocycles. The monoisotopic (exact) mass is 418 g/mol. The van der Waals surface area contributed by atoms with Crippen LogP contribution in [0, 0.1) is 5.82 Å². The van der Waals surface area contributed by atoms with Gasteiger partial charge in [0.05, 0.1) is 17.9 Å². The zero-order valence-electron chi connectivity index (χ0n) is 16.5. The fourth-order valence-electron chi connectivity index (χ4n) is 3.66. The molecule has 0 saturated carbocycles. The van der Waals surface area contributed by atoms with Crippen LogP contribution in [0.25, 0.3) is 22.0 Å². The zero-order valence-corrected chi connectivity index (χ0v) is 16.5. The quantitative estimate of drug-likeness (QED) is 0.522. The summed E-state index contributed by atoms with van der Waals surface area (Å²) in [5.74, 6) is 0.366. The number of nitrogens with zero attached hydrogens (tertiary/aromatic N) is 4. The number of aromatic nitrogens is 4. The minimum Gasteiger partial charge on any atom is -0.448 e. The first-order valence-corrected chi connectivity index (χ1v) is 10.00. The maximum atomic E-state index is 13.5. The van der Waals surface area contributed by atoms with Gasteiger partial charge in [-0.15, -0.1) is 0 Å². The molecule has 4 aromatic heterocycles. The molecule has 1 aliphatic heterocycles. The van der Waals surface area contributed by atoms with Gasteiger partial charge in [0.15, 0.2) is 11.6 Å². The van der Waals surface area contributed by atoms with Crippen molar-refractivity contribution in [3.63, 3.8) is 0 Å². The number of carbonyl (C=O) groups excluding carboxylic acids is 1. The average molecular weight is 418 g/mol. The Bertz CT molecular complexity index is 1250. The van der Waals surface area contributed by atoms with Crippen molar-refractivity contribution in [3.05, 3.63) is 66.7 Å². The van der Waals surface area contributed by atoms with Crippen LogP contribution in [0.1, 0.15) is 35.1 Å². The predicted molar refractivity (Wildman–Crippen MR) is 112 cm³/mol. The molecule has 1 fully saturated rings. The lowest BCUT2D eigenvalue weighted by Crippen LogP contribution is -2.26. The maximum absolute atomic E-state index is 13.5. The molecule has 0 radical (unpaired) electrons. The highest BCUT2D eigenvalue weighted by Gasteiger charge is 2.22. The molecule has 1 aliphatic rings. The SMILES string of the molecule is O=C(Nc1cc2cc(-c3cncc(F)c3)cnc2cn1)c1coc(C2CCNCC2)n1. The number of anilines is 1. The second-order valence-electron chi connectivity index (χ2n) is 7.43. The van der Waals surface area contributed by atoms with Crippen LogP contribution in [0.3, 0.4) is 0 Å². The Morgan fingerprint density at radius 1 is 1.06 bits per heavy atom. The standard InChI is InChI=1S/C22H19FN6O2/c23-17-6-16(8-25-10-17)15-5-14-7-20(27-11-18(14)26-9-15)29-21(30)19-12-31-22(28-19)13-1-3-24-4-2-13/h5-13,24H,1-4H2,(H,27,29,30). The Hall–Kier alpha value is -3.72.